The van der Waals surface area contributed by atoms with Crippen molar-refractivity contribution in [3.63, 3.8) is 0 Å². The molecule has 3 rings (SSSR count). The predicted molar refractivity (Wildman–Crippen MR) is 88.1 cm³/mol. The molecule has 3 heterocycles. The fourth-order valence-corrected chi connectivity index (χ4v) is 2.40. The zero-order chi connectivity index (χ0) is 18.1. The van der Waals surface area contributed by atoms with Crippen molar-refractivity contribution in [2.75, 3.05) is 13.7 Å². The van der Waals surface area contributed by atoms with Crippen molar-refractivity contribution in [1.29, 1.82) is 0 Å². The number of esters is 2. The summed E-state index contributed by atoms with van der Waals surface area (Å²) in [6, 6.07) is 1.57. The van der Waals surface area contributed by atoms with Gasteiger partial charge in [-0.3, -0.25) is 9.36 Å². The molecular weight excluding hydrogens is 328 g/mol. The van der Waals surface area contributed by atoms with E-state index in [-0.39, 0.29) is 28.9 Å². The molecule has 0 N–H and O–H groups in total. The summed E-state index contributed by atoms with van der Waals surface area (Å²) in [5.74, 6) is -1.27. The standard InChI is InChI=1S/C16H14N4O5/c1-4-25-16(23)11-8-18-20-12-5-6-19(9(2)15(22)24-3)14(21)10(12)7-17-13(11)20/h5-8H,2,4H2,1,3H3. The summed E-state index contributed by atoms with van der Waals surface area (Å²) in [5.41, 5.74) is 0.277. The molecule has 0 bridgehead atoms. The average Bonchev–Trinajstić information content (AvgIpc) is 3.05. The maximum Gasteiger partial charge on any atom is 0.354 e. The molecule has 0 aromatic carbocycles. The zero-order valence-corrected chi connectivity index (χ0v) is 13.6. The van der Waals surface area contributed by atoms with Gasteiger partial charge in [-0.25, -0.2) is 19.1 Å². The first-order valence-electron chi connectivity index (χ1n) is 7.32. The molecular formula is C16H14N4O5. The molecule has 128 valence electrons. The van der Waals surface area contributed by atoms with Gasteiger partial charge in [-0.05, 0) is 13.0 Å². The molecule has 9 heteroatoms. The maximum atomic E-state index is 12.6. The summed E-state index contributed by atoms with van der Waals surface area (Å²) in [5, 5.41) is 4.32. The van der Waals surface area contributed by atoms with Gasteiger partial charge in [0.25, 0.3) is 5.56 Å². The quantitative estimate of drug-likeness (QED) is 0.511. The number of carbonyl (C=O) groups is 2. The molecule has 0 atom stereocenters. The molecule has 25 heavy (non-hydrogen) atoms. The lowest BCUT2D eigenvalue weighted by Crippen LogP contribution is -2.23. The molecule has 0 saturated carbocycles. The Balaban J connectivity index is 2.21. The van der Waals surface area contributed by atoms with E-state index in [0.29, 0.717) is 5.52 Å². The number of aromatic nitrogens is 4. The van der Waals surface area contributed by atoms with E-state index in [0.717, 1.165) is 4.57 Å². The van der Waals surface area contributed by atoms with Crippen LogP contribution in [-0.2, 0) is 14.3 Å². The van der Waals surface area contributed by atoms with E-state index in [1.807, 2.05) is 0 Å². The fourth-order valence-electron chi connectivity index (χ4n) is 2.40. The van der Waals surface area contributed by atoms with E-state index < -0.39 is 17.5 Å². The van der Waals surface area contributed by atoms with Crippen molar-refractivity contribution < 1.29 is 19.1 Å². The Kier molecular flexibility index (Phi) is 4.05. The molecule has 0 aliphatic heterocycles. The second-order valence-corrected chi connectivity index (χ2v) is 5.00. The third-order valence-corrected chi connectivity index (χ3v) is 3.60. The number of rotatable bonds is 4. The Labute approximate surface area is 141 Å². The molecule has 0 aliphatic rings. The summed E-state index contributed by atoms with van der Waals surface area (Å²) < 4.78 is 12.0. The van der Waals surface area contributed by atoms with E-state index in [1.165, 1.54) is 30.2 Å². The summed E-state index contributed by atoms with van der Waals surface area (Å²) in [6.07, 6.45) is 4.03. The number of carbonyl (C=O) groups excluding carboxylic acids is 2. The van der Waals surface area contributed by atoms with Crippen LogP contribution in [0.5, 0.6) is 0 Å². The smallest absolute Gasteiger partial charge is 0.354 e. The van der Waals surface area contributed by atoms with Crippen LogP contribution in [0.2, 0.25) is 0 Å². The SMILES string of the molecule is C=C(C(=O)OC)n1ccc2c(cnc3c(C(=O)OCC)cnn32)c1=O. The fraction of sp³-hybridized carbons (Fsp3) is 0.188. The minimum atomic E-state index is -0.723. The first kappa shape index (κ1) is 16.4. The second kappa shape index (κ2) is 6.19. The summed E-state index contributed by atoms with van der Waals surface area (Å²) in [6.45, 7) is 5.48. The van der Waals surface area contributed by atoms with Gasteiger partial charge in [-0.2, -0.15) is 5.10 Å². The van der Waals surface area contributed by atoms with Gasteiger partial charge < -0.3 is 9.47 Å². The van der Waals surface area contributed by atoms with Crippen LogP contribution >= 0.6 is 0 Å². The lowest BCUT2D eigenvalue weighted by molar-refractivity contribution is -0.134. The van der Waals surface area contributed by atoms with Crippen LogP contribution in [0, 0.1) is 0 Å². The predicted octanol–water partition coefficient (Wildman–Crippen LogP) is 0.865. The van der Waals surface area contributed by atoms with Crippen LogP contribution in [-0.4, -0.2) is 44.8 Å². The molecule has 3 aromatic heterocycles. The number of ether oxygens (including phenoxy) is 2. The molecule has 0 fully saturated rings. The summed E-state index contributed by atoms with van der Waals surface area (Å²) in [4.78, 5) is 40.3. The molecule has 3 aromatic rings. The Morgan fingerprint density at radius 1 is 1.32 bits per heavy atom. The number of methoxy groups -OCH3 is 1. The number of nitrogens with zero attached hydrogens (tertiary/aromatic N) is 4. The molecule has 0 aliphatic carbocycles. The topological polar surface area (TPSA) is 105 Å². The minimum absolute atomic E-state index is 0.123. The maximum absolute atomic E-state index is 12.6. The highest BCUT2D eigenvalue weighted by Gasteiger charge is 2.18. The van der Waals surface area contributed by atoms with E-state index in [1.54, 1.807) is 13.0 Å². The van der Waals surface area contributed by atoms with Crippen molar-refractivity contribution >= 4 is 34.2 Å². The van der Waals surface area contributed by atoms with Crippen molar-refractivity contribution in [3.8, 4) is 0 Å². The minimum Gasteiger partial charge on any atom is -0.464 e. The highest BCUT2D eigenvalue weighted by atomic mass is 16.5. The van der Waals surface area contributed by atoms with Gasteiger partial charge in [0.1, 0.15) is 11.3 Å². The van der Waals surface area contributed by atoms with Gasteiger partial charge in [-0.15, -0.1) is 0 Å². The summed E-state index contributed by atoms with van der Waals surface area (Å²) >= 11 is 0. The second-order valence-electron chi connectivity index (χ2n) is 5.00. The van der Waals surface area contributed by atoms with Gasteiger partial charge >= 0.3 is 11.9 Å². The summed E-state index contributed by atoms with van der Waals surface area (Å²) in [7, 11) is 1.20. The van der Waals surface area contributed by atoms with Crippen LogP contribution in [0.25, 0.3) is 22.2 Å². The van der Waals surface area contributed by atoms with Crippen molar-refractivity contribution in [1.82, 2.24) is 19.2 Å². The first-order valence-corrected chi connectivity index (χ1v) is 7.32. The molecule has 0 amide bonds. The monoisotopic (exact) mass is 342 g/mol. The normalized spacial score (nSPS) is 10.8. The number of hydrogen-bond donors (Lipinski definition) is 0. The van der Waals surface area contributed by atoms with Gasteiger partial charge in [0.15, 0.2) is 5.65 Å². The van der Waals surface area contributed by atoms with Crippen molar-refractivity contribution in [3.05, 3.63) is 47.2 Å². The third-order valence-electron chi connectivity index (χ3n) is 3.60. The van der Waals surface area contributed by atoms with Crippen LogP contribution in [0.1, 0.15) is 17.3 Å². The number of hydrogen-bond acceptors (Lipinski definition) is 7. The Morgan fingerprint density at radius 3 is 2.76 bits per heavy atom. The van der Waals surface area contributed by atoms with Crippen LogP contribution in [0.3, 0.4) is 0 Å². The highest BCUT2D eigenvalue weighted by Crippen LogP contribution is 2.16. The Hall–Kier alpha value is -3.49. The van der Waals surface area contributed by atoms with Gasteiger partial charge in [0, 0.05) is 12.4 Å². The lowest BCUT2D eigenvalue weighted by atomic mass is 10.3. The van der Waals surface area contributed by atoms with Gasteiger partial charge in [0.05, 0.1) is 30.8 Å². The number of pyridine rings is 1. The Morgan fingerprint density at radius 2 is 2.08 bits per heavy atom. The largest absolute Gasteiger partial charge is 0.464 e. The van der Waals surface area contributed by atoms with Crippen molar-refractivity contribution in [2.45, 2.75) is 6.92 Å². The zero-order valence-electron chi connectivity index (χ0n) is 13.6. The lowest BCUT2D eigenvalue weighted by Gasteiger charge is -2.08. The van der Waals surface area contributed by atoms with Gasteiger partial charge in [-0.1, -0.05) is 6.58 Å². The molecule has 0 spiro atoms. The van der Waals surface area contributed by atoms with E-state index in [9.17, 15) is 14.4 Å². The Bertz CT molecular complexity index is 1080. The molecule has 9 nitrogen and oxygen atoms in total. The third kappa shape index (κ3) is 2.55. The van der Waals surface area contributed by atoms with Crippen LogP contribution < -0.4 is 5.56 Å². The number of fused-ring (bicyclic) bond motifs is 3. The van der Waals surface area contributed by atoms with Crippen molar-refractivity contribution in [2.24, 2.45) is 0 Å². The van der Waals surface area contributed by atoms with E-state index >= 15 is 0 Å². The molecule has 0 radical (unpaired) electrons. The van der Waals surface area contributed by atoms with Gasteiger partial charge in [0.2, 0.25) is 0 Å². The van der Waals surface area contributed by atoms with E-state index in [4.69, 9.17) is 4.74 Å². The van der Waals surface area contributed by atoms with Crippen LogP contribution in [0.15, 0.2) is 36.0 Å². The molecule has 0 unspecified atom stereocenters. The van der Waals surface area contributed by atoms with E-state index in [2.05, 4.69) is 21.4 Å². The van der Waals surface area contributed by atoms with Crippen LogP contribution in [0.4, 0.5) is 0 Å². The first-order chi connectivity index (χ1) is 12.0. The molecule has 0 saturated heterocycles. The average molecular weight is 342 g/mol. The highest BCUT2D eigenvalue weighted by molar-refractivity contribution is 6.09.